The molecule has 2 heterocycles. The van der Waals surface area contributed by atoms with Crippen molar-refractivity contribution in [3.8, 4) is 0 Å². The van der Waals surface area contributed by atoms with E-state index in [0.717, 1.165) is 24.0 Å². The summed E-state index contributed by atoms with van der Waals surface area (Å²) in [6.07, 6.45) is 2.83. The van der Waals surface area contributed by atoms with Crippen LogP contribution < -0.4 is 0 Å². The van der Waals surface area contributed by atoms with Gasteiger partial charge in [0.1, 0.15) is 5.52 Å². The van der Waals surface area contributed by atoms with Gasteiger partial charge in [-0.05, 0) is 25.6 Å². The zero-order valence-corrected chi connectivity index (χ0v) is 13.2. The van der Waals surface area contributed by atoms with Crippen LogP contribution in [-0.2, 0) is 4.74 Å². The topological polar surface area (TPSA) is 61.5 Å². The fourth-order valence-corrected chi connectivity index (χ4v) is 3.16. The van der Waals surface area contributed by atoms with E-state index in [2.05, 4.69) is 21.9 Å². The smallest absolute Gasteiger partial charge is 0.255 e. The molecule has 1 fully saturated rings. The van der Waals surface area contributed by atoms with Crippen molar-refractivity contribution in [3.63, 3.8) is 0 Å². The maximum Gasteiger partial charge on any atom is 0.255 e. The van der Waals surface area contributed by atoms with Crippen LogP contribution in [0.1, 0.15) is 16.8 Å². The van der Waals surface area contributed by atoms with Crippen LogP contribution in [0, 0.1) is 0 Å². The van der Waals surface area contributed by atoms with Crippen molar-refractivity contribution in [1.29, 1.82) is 0 Å². The number of imidazole rings is 1. The molecule has 0 aliphatic carbocycles. The predicted octanol–water partition coefficient (Wildman–Crippen LogP) is 1.35. The third kappa shape index (κ3) is 2.71. The molecule has 0 radical (unpaired) electrons. The molecule has 1 amide bonds. The van der Waals surface area contributed by atoms with E-state index in [9.17, 15) is 4.79 Å². The van der Waals surface area contributed by atoms with Crippen LogP contribution >= 0.6 is 0 Å². The van der Waals surface area contributed by atoms with Crippen LogP contribution in [0.15, 0.2) is 24.5 Å². The Balaban J connectivity index is 1.74. The molecule has 2 atom stereocenters. The molecule has 6 nitrogen and oxygen atoms in total. The second-order valence-electron chi connectivity index (χ2n) is 5.98. The molecular formula is C16H22N4O2. The van der Waals surface area contributed by atoms with Gasteiger partial charge in [0.2, 0.25) is 0 Å². The number of hydrogen-bond acceptors (Lipinski definition) is 4. The van der Waals surface area contributed by atoms with E-state index >= 15 is 0 Å². The number of amides is 1. The van der Waals surface area contributed by atoms with Gasteiger partial charge >= 0.3 is 0 Å². The molecule has 0 spiro atoms. The Kier molecular flexibility index (Phi) is 4.13. The summed E-state index contributed by atoms with van der Waals surface area (Å²) in [7, 11) is 5.67. The SMILES string of the molecule is CO[C@H]1C[C@@H](CN(C)C(=O)c2cccc3[nH]cnc23)N(C)C1. The molecule has 6 heteroatoms. The second kappa shape index (κ2) is 6.06. The number of likely N-dealkylation sites (tertiary alicyclic amines) is 1. The number of carbonyl (C=O) groups is 1. The molecule has 1 aromatic carbocycles. The van der Waals surface area contributed by atoms with Crippen molar-refractivity contribution >= 4 is 16.9 Å². The van der Waals surface area contributed by atoms with Gasteiger partial charge in [-0.1, -0.05) is 6.07 Å². The Labute approximate surface area is 130 Å². The summed E-state index contributed by atoms with van der Waals surface area (Å²) in [6, 6.07) is 5.97. The zero-order chi connectivity index (χ0) is 15.7. The van der Waals surface area contributed by atoms with Crippen molar-refractivity contribution < 1.29 is 9.53 Å². The van der Waals surface area contributed by atoms with Crippen LogP contribution in [0.2, 0.25) is 0 Å². The van der Waals surface area contributed by atoms with Gasteiger partial charge in [0.25, 0.3) is 5.91 Å². The van der Waals surface area contributed by atoms with Gasteiger partial charge in [0, 0.05) is 33.3 Å². The first kappa shape index (κ1) is 15.0. The van der Waals surface area contributed by atoms with Gasteiger partial charge in [0.15, 0.2) is 0 Å². The monoisotopic (exact) mass is 302 g/mol. The second-order valence-corrected chi connectivity index (χ2v) is 5.98. The molecule has 1 aliphatic heterocycles. The number of carbonyl (C=O) groups excluding carboxylic acids is 1. The number of fused-ring (bicyclic) bond motifs is 1. The number of aromatic amines is 1. The molecule has 0 bridgehead atoms. The Morgan fingerprint density at radius 2 is 2.36 bits per heavy atom. The molecular weight excluding hydrogens is 280 g/mol. The van der Waals surface area contributed by atoms with Crippen LogP contribution in [0.25, 0.3) is 11.0 Å². The molecule has 2 aromatic rings. The summed E-state index contributed by atoms with van der Waals surface area (Å²) < 4.78 is 5.43. The highest BCUT2D eigenvalue weighted by Crippen LogP contribution is 2.21. The Morgan fingerprint density at radius 3 is 3.09 bits per heavy atom. The maximum absolute atomic E-state index is 12.7. The number of hydrogen-bond donors (Lipinski definition) is 1. The zero-order valence-electron chi connectivity index (χ0n) is 13.2. The maximum atomic E-state index is 12.7. The summed E-state index contributed by atoms with van der Waals surface area (Å²) in [5, 5.41) is 0. The van der Waals surface area contributed by atoms with Crippen molar-refractivity contribution in [2.24, 2.45) is 0 Å². The summed E-state index contributed by atoms with van der Waals surface area (Å²) in [4.78, 5) is 24.1. The van der Waals surface area contributed by atoms with Crippen LogP contribution in [0.5, 0.6) is 0 Å². The molecule has 1 saturated heterocycles. The van der Waals surface area contributed by atoms with E-state index in [1.165, 1.54) is 0 Å². The summed E-state index contributed by atoms with van der Waals surface area (Å²) in [5.41, 5.74) is 2.26. The summed E-state index contributed by atoms with van der Waals surface area (Å²) in [6.45, 7) is 1.61. The van der Waals surface area contributed by atoms with E-state index in [4.69, 9.17) is 4.74 Å². The van der Waals surface area contributed by atoms with Crippen molar-refractivity contribution in [1.82, 2.24) is 19.8 Å². The number of H-pyrrole nitrogens is 1. The third-order valence-corrected chi connectivity index (χ3v) is 4.49. The lowest BCUT2D eigenvalue weighted by Crippen LogP contribution is -2.39. The Hall–Kier alpha value is -1.92. The number of rotatable bonds is 4. The standard InChI is InChI=1S/C16H22N4O2/c1-19-9-12(22-3)7-11(19)8-20(2)16(21)13-5-4-6-14-15(13)18-10-17-14/h4-6,10-12H,7-9H2,1-3H3,(H,17,18)/t11-,12-/m0/s1. The highest BCUT2D eigenvalue weighted by Gasteiger charge is 2.31. The van der Waals surface area contributed by atoms with Gasteiger partial charge in [-0.2, -0.15) is 0 Å². The first-order valence-electron chi connectivity index (χ1n) is 7.50. The van der Waals surface area contributed by atoms with E-state index in [1.807, 2.05) is 25.2 Å². The lowest BCUT2D eigenvalue weighted by molar-refractivity contribution is 0.0762. The van der Waals surface area contributed by atoms with E-state index in [-0.39, 0.29) is 12.0 Å². The summed E-state index contributed by atoms with van der Waals surface area (Å²) in [5.74, 6) is 0.00645. The lowest BCUT2D eigenvalue weighted by Gasteiger charge is -2.25. The molecule has 1 N–H and O–H groups in total. The van der Waals surface area contributed by atoms with Gasteiger partial charge in [-0.3, -0.25) is 9.69 Å². The van der Waals surface area contributed by atoms with Gasteiger partial charge < -0.3 is 14.6 Å². The lowest BCUT2D eigenvalue weighted by atomic mass is 10.1. The van der Waals surface area contributed by atoms with Gasteiger partial charge in [-0.15, -0.1) is 0 Å². The normalized spacial score (nSPS) is 22.3. The van der Waals surface area contributed by atoms with Crippen LogP contribution in [0.4, 0.5) is 0 Å². The minimum absolute atomic E-state index is 0.00645. The first-order valence-corrected chi connectivity index (χ1v) is 7.50. The number of benzene rings is 1. The fourth-order valence-electron chi connectivity index (χ4n) is 3.16. The molecule has 3 rings (SSSR count). The highest BCUT2D eigenvalue weighted by atomic mass is 16.5. The fraction of sp³-hybridized carbons (Fsp3) is 0.500. The summed E-state index contributed by atoms with van der Waals surface area (Å²) >= 11 is 0. The molecule has 0 unspecified atom stereocenters. The minimum Gasteiger partial charge on any atom is -0.380 e. The van der Waals surface area contributed by atoms with Crippen LogP contribution in [0.3, 0.4) is 0 Å². The average molecular weight is 302 g/mol. The number of para-hydroxylation sites is 1. The predicted molar refractivity (Wildman–Crippen MR) is 84.9 cm³/mol. The van der Waals surface area contributed by atoms with Gasteiger partial charge in [-0.25, -0.2) is 4.98 Å². The molecule has 0 saturated carbocycles. The number of nitrogens with one attached hydrogen (secondary N) is 1. The van der Waals surface area contributed by atoms with Crippen molar-refractivity contribution in [2.75, 3.05) is 34.3 Å². The van der Waals surface area contributed by atoms with E-state index in [1.54, 1.807) is 18.3 Å². The molecule has 1 aromatic heterocycles. The van der Waals surface area contributed by atoms with E-state index < -0.39 is 0 Å². The van der Waals surface area contributed by atoms with Crippen LogP contribution in [-0.4, -0.2) is 72.1 Å². The number of ether oxygens (including phenoxy) is 1. The minimum atomic E-state index is 0.00645. The Morgan fingerprint density at radius 1 is 1.55 bits per heavy atom. The van der Waals surface area contributed by atoms with E-state index in [0.29, 0.717) is 18.2 Å². The molecule has 1 aliphatic rings. The number of methoxy groups -OCH3 is 1. The van der Waals surface area contributed by atoms with Crippen molar-refractivity contribution in [3.05, 3.63) is 30.1 Å². The number of nitrogens with zero attached hydrogens (tertiary/aromatic N) is 3. The number of likely N-dealkylation sites (N-methyl/N-ethyl adjacent to an activating group) is 2. The largest absolute Gasteiger partial charge is 0.380 e. The first-order chi connectivity index (χ1) is 10.6. The quantitative estimate of drug-likeness (QED) is 0.926. The van der Waals surface area contributed by atoms with Gasteiger partial charge in [0.05, 0.1) is 23.5 Å². The third-order valence-electron chi connectivity index (χ3n) is 4.49. The molecule has 22 heavy (non-hydrogen) atoms. The highest BCUT2D eigenvalue weighted by molar-refractivity contribution is 6.04. The Bertz CT molecular complexity index is 669. The molecule has 118 valence electrons. The van der Waals surface area contributed by atoms with Crippen molar-refractivity contribution in [2.45, 2.75) is 18.6 Å². The number of aromatic nitrogens is 2. The average Bonchev–Trinajstić information content (AvgIpc) is 3.13.